The van der Waals surface area contributed by atoms with Crippen LogP contribution in [0.25, 0.3) is 178 Å². The van der Waals surface area contributed by atoms with Crippen molar-refractivity contribution in [3.05, 3.63) is 335 Å². The van der Waals surface area contributed by atoms with Crippen molar-refractivity contribution in [2.45, 2.75) is 136 Å². The summed E-state index contributed by atoms with van der Waals surface area (Å²) in [6.45, 7) is 34.6. The van der Waals surface area contributed by atoms with Gasteiger partial charge in [0.1, 0.15) is 28.2 Å². The first-order chi connectivity index (χ1) is 61.2. The number of benzene rings is 8. The van der Waals surface area contributed by atoms with E-state index in [0.29, 0.717) is 46.5 Å². The Balaban J connectivity index is 0.000000119. The largest absolute Gasteiger partial charge is 0.437 e. The van der Waals surface area contributed by atoms with E-state index in [2.05, 4.69) is 393 Å². The lowest BCUT2D eigenvalue weighted by molar-refractivity contribution is -0.660. The van der Waals surface area contributed by atoms with E-state index >= 15 is 0 Å². The molecule has 20 aromatic rings. The van der Waals surface area contributed by atoms with Crippen LogP contribution in [0.3, 0.4) is 0 Å². The number of hydrogen-bond donors (Lipinski definition) is 0. The molecule has 127 heavy (non-hydrogen) atoms. The number of furan rings is 4. The summed E-state index contributed by atoms with van der Waals surface area (Å²) in [4.78, 5) is 18.5. The molecule has 12 nitrogen and oxygen atoms in total. The van der Waals surface area contributed by atoms with Gasteiger partial charge in [-0.15, -0.1) is 0 Å². The fourth-order valence-corrected chi connectivity index (χ4v) is 18.2. The highest BCUT2D eigenvalue weighted by atomic mass is 16.4. The predicted molar refractivity (Wildman–Crippen MR) is 522 cm³/mol. The minimum Gasteiger partial charge on any atom is -0.437 e. The topological polar surface area (TPSA) is 120 Å². The molecule has 20 rings (SSSR count). The Morgan fingerprint density at radius 2 is 0.583 bits per heavy atom. The van der Waals surface area contributed by atoms with Crippen molar-refractivity contribution >= 4 is 88.3 Å². The molecule has 0 spiro atoms. The molecule has 12 heteroatoms. The third-order valence-electron chi connectivity index (χ3n) is 24.7. The van der Waals surface area contributed by atoms with E-state index in [0.717, 1.165) is 152 Å². The van der Waals surface area contributed by atoms with Gasteiger partial charge in [0.25, 0.3) is 0 Å². The zero-order valence-corrected chi connectivity index (χ0v) is 77.0. The summed E-state index contributed by atoms with van der Waals surface area (Å²) in [5, 5.41) is 8.67. The Labute approximate surface area is 745 Å². The fraction of sp³-hybridized carbons (Fsp3) is 0.235. The molecule has 12 aromatic heterocycles. The van der Waals surface area contributed by atoms with Gasteiger partial charge < -0.3 is 17.7 Å². The summed E-state index contributed by atoms with van der Waals surface area (Å²) in [5.41, 5.74) is 39.3. The molecule has 0 radical (unpaired) electrons. The van der Waals surface area contributed by atoms with Gasteiger partial charge >= 0.3 is 0 Å². The summed E-state index contributed by atoms with van der Waals surface area (Å²) in [6, 6.07) is 87.3. The number of fused-ring (bicyclic) bond motifs is 12. The van der Waals surface area contributed by atoms with Crippen LogP contribution < -0.4 is 18.3 Å². The summed E-state index contributed by atoms with van der Waals surface area (Å²) in [5.74, 6) is 2.49. The molecule has 0 aliphatic heterocycles. The average molecular weight is 1670 g/mol. The lowest BCUT2D eigenvalue weighted by Crippen LogP contribution is -2.31. The number of nitrogens with zero attached hydrogens (tertiary/aromatic N) is 8. The van der Waals surface area contributed by atoms with E-state index < -0.39 is 0 Å². The van der Waals surface area contributed by atoms with Crippen molar-refractivity contribution in [3.63, 3.8) is 0 Å². The Kier molecular flexibility index (Phi) is 24.0. The predicted octanol–water partition coefficient (Wildman–Crippen LogP) is 27.7. The van der Waals surface area contributed by atoms with Crippen LogP contribution >= 0.6 is 0 Å². The Morgan fingerprint density at radius 3 is 0.937 bits per heavy atom. The number of pyridine rings is 8. The van der Waals surface area contributed by atoms with Gasteiger partial charge in [0.2, 0.25) is 45.6 Å². The van der Waals surface area contributed by atoms with Crippen molar-refractivity contribution in [2.75, 3.05) is 0 Å². The van der Waals surface area contributed by atoms with E-state index in [1.54, 1.807) is 0 Å². The molecule has 634 valence electrons. The quantitative estimate of drug-likeness (QED) is 0.0931. The van der Waals surface area contributed by atoms with Gasteiger partial charge in [-0.1, -0.05) is 201 Å². The molecule has 0 amide bonds. The standard InChI is InChI=1S/3C29H29N2O.C28H27N2O/c1-18(2)16-21-8-10-22(11-9-21)23-12-15-26(31(5)17-23)27-19(3)6-13-24-25-14-7-20(4)30-29(25)32-28(24)27;1-18(2)16-21-8-10-22(11-9-21)23-14-15-31(5)26(17-23)27-19(3)6-12-24-25-13-7-20(4)30-29(25)32-28(24)27;1-18(2)17-21-10-12-22(13-11-21)23-7-6-16-31(5)27(23)26-19(3)8-14-24-25-15-9-20(4)30-29(25)32-28(24)26;1-17(2)20-10-12-21(13-11-20)22-7-6-16-30(5)26(22)25-18(3)8-14-23-24-15-9-19(4)29-28(24)31-27(23)25/h2*6-15,17-18H,16H2,1-5H3;6-16,18H,17H2,1-5H3;6-17H,1-5H3/q4*+1. The molecule has 0 N–H and O–H groups in total. The van der Waals surface area contributed by atoms with Gasteiger partial charge in [-0.25, -0.2) is 38.2 Å². The SMILES string of the molecule is Cc1ccc2c(n1)oc1c(-c3c(-c4ccc(C(C)C)cc4)ccc[n+]3C)c(C)ccc12.Cc1ccc2c(n1)oc1c(-c3c(-c4ccc(CC(C)C)cc4)ccc[n+]3C)c(C)ccc12.Cc1ccc2c(n1)oc1c(-c3cc(-c4ccc(CC(C)C)cc4)cc[n+]3C)c(C)ccc12.Cc1ccc2c(n1)oc1c(-c3ccc(-c4ccc(CC(C)C)cc4)c[n+]3C)c(C)ccc12. The van der Waals surface area contributed by atoms with Crippen LogP contribution in [-0.4, -0.2) is 19.9 Å². The highest BCUT2D eigenvalue weighted by molar-refractivity contribution is 6.13. The summed E-state index contributed by atoms with van der Waals surface area (Å²) in [6.07, 6.45) is 11.9. The Bertz CT molecular complexity index is 7550. The van der Waals surface area contributed by atoms with Crippen molar-refractivity contribution in [3.8, 4) is 89.5 Å². The Morgan fingerprint density at radius 1 is 0.268 bits per heavy atom. The molecule has 0 atom stereocenters. The molecule has 12 heterocycles. The third-order valence-corrected chi connectivity index (χ3v) is 24.7. The molecule has 0 unspecified atom stereocenters. The maximum atomic E-state index is 6.38. The molecule has 8 aromatic carbocycles. The molecule has 0 saturated heterocycles. The van der Waals surface area contributed by atoms with Crippen LogP contribution in [-0.2, 0) is 47.5 Å². The monoisotopic (exact) mass is 1670 g/mol. The van der Waals surface area contributed by atoms with E-state index in [1.165, 1.54) is 89.0 Å². The maximum Gasteiger partial charge on any atom is 0.227 e. The lowest BCUT2D eigenvalue weighted by Gasteiger charge is -2.12. The highest BCUT2D eigenvalue weighted by Gasteiger charge is 2.30. The minimum absolute atomic E-state index is 0.517. The van der Waals surface area contributed by atoms with E-state index in [1.807, 2.05) is 52.0 Å². The second kappa shape index (κ2) is 35.7. The number of aryl methyl sites for hydroxylation is 12. The van der Waals surface area contributed by atoms with Gasteiger partial charge in [-0.2, -0.15) is 0 Å². The third kappa shape index (κ3) is 17.3. The minimum atomic E-state index is 0.517. The number of rotatable bonds is 15. The second-order valence-electron chi connectivity index (χ2n) is 36.4. The second-order valence-corrected chi connectivity index (χ2v) is 36.4. The first-order valence-electron chi connectivity index (χ1n) is 44.7. The van der Waals surface area contributed by atoms with Crippen LogP contribution in [0, 0.1) is 73.1 Å². The first-order valence-corrected chi connectivity index (χ1v) is 44.7. The molecule has 0 aliphatic carbocycles. The van der Waals surface area contributed by atoms with Crippen LogP contribution in [0.4, 0.5) is 0 Å². The molecule has 0 fully saturated rings. The number of aromatic nitrogens is 8. The normalized spacial score (nSPS) is 11.7. The van der Waals surface area contributed by atoms with Crippen LogP contribution in [0.15, 0.2) is 285 Å². The summed E-state index contributed by atoms with van der Waals surface area (Å²) in [7, 11) is 8.41. The van der Waals surface area contributed by atoms with Crippen LogP contribution in [0.5, 0.6) is 0 Å². The molecular formula is C115H114N8O4+4. The molecule has 0 saturated carbocycles. The van der Waals surface area contributed by atoms with E-state index in [4.69, 9.17) is 17.7 Å². The van der Waals surface area contributed by atoms with Crippen molar-refractivity contribution in [2.24, 2.45) is 45.9 Å². The smallest absolute Gasteiger partial charge is 0.227 e. The molecule has 0 aliphatic rings. The van der Waals surface area contributed by atoms with Gasteiger partial charge in [0.15, 0.2) is 47.1 Å². The maximum absolute atomic E-state index is 6.38. The van der Waals surface area contributed by atoms with Crippen molar-refractivity contribution in [1.29, 1.82) is 0 Å². The summed E-state index contributed by atoms with van der Waals surface area (Å²) < 4.78 is 34.1. The molecule has 0 bridgehead atoms. The van der Waals surface area contributed by atoms with E-state index in [9.17, 15) is 0 Å². The lowest BCUT2D eigenvalue weighted by atomic mass is 9.93. The first kappa shape index (κ1) is 85.3. The van der Waals surface area contributed by atoms with Gasteiger partial charge in [-0.05, 0) is 237 Å². The van der Waals surface area contributed by atoms with Crippen molar-refractivity contribution in [1.82, 2.24) is 19.9 Å². The zero-order chi connectivity index (χ0) is 88.9. The average Bonchev–Trinajstić information content (AvgIpc) is 1.65. The highest BCUT2D eigenvalue weighted by Crippen LogP contribution is 2.45. The van der Waals surface area contributed by atoms with Crippen LogP contribution in [0.1, 0.15) is 129 Å². The summed E-state index contributed by atoms with van der Waals surface area (Å²) >= 11 is 0. The zero-order valence-electron chi connectivity index (χ0n) is 77.0. The molecular weight excluding hydrogens is 1560 g/mol. The Hall–Kier alpha value is -13.8. The van der Waals surface area contributed by atoms with Gasteiger partial charge in [-0.3, -0.25) is 0 Å². The van der Waals surface area contributed by atoms with Gasteiger partial charge in [0.05, 0.1) is 33.4 Å². The van der Waals surface area contributed by atoms with Crippen LogP contribution in [0.2, 0.25) is 0 Å². The van der Waals surface area contributed by atoms with E-state index in [-0.39, 0.29) is 0 Å². The fourth-order valence-electron chi connectivity index (χ4n) is 18.2. The van der Waals surface area contributed by atoms with Gasteiger partial charge in [0, 0.05) is 102 Å². The van der Waals surface area contributed by atoms with Crippen molar-refractivity contribution < 1.29 is 35.9 Å². The number of hydrogen-bond acceptors (Lipinski definition) is 8.